The van der Waals surface area contributed by atoms with Crippen LogP contribution in [0.2, 0.25) is 0 Å². The second-order valence-electron chi connectivity index (χ2n) is 4.77. The minimum absolute atomic E-state index is 0.894. The molecule has 0 aliphatic carbocycles. The Kier molecular flexibility index (Phi) is 3.40. The van der Waals surface area contributed by atoms with E-state index in [0.29, 0.717) is 0 Å². The number of aliphatic imine (C=N–C) groups is 1. The maximum absolute atomic E-state index is 5.49. The molecule has 2 aromatic rings. The fourth-order valence-corrected chi connectivity index (χ4v) is 5.50. The molecule has 0 unspecified atom stereocenters. The van der Waals surface area contributed by atoms with Crippen molar-refractivity contribution in [2.24, 2.45) is 4.99 Å². The number of methoxy groups -OCH3 is 1. The molecule has 0 atom stereocenters. The highest BCUT2D eigenvalue weighted by Gasteiger charge is 2.33. The van der Waals surface area contributed by atoms with Crippen LogP contribution in [0.15, 0.2) is 32.8 Å². The lowest BCUT2D eigenvalue weighted by molar-refractivity contribution is 0.415. The maximum Gasteiger partial charge on any atom is 0.169 e. The molecular formula is C15H14N2OS3. The molecule has 0 amide bonds. The minimum Gasteiger partial charge on any atom is -0.497 e. The van der Waals surface area contributed by atoms with Crippen LogP contribution in [0.3, 0.4) is 0 Å². The van der Waals surface area contributed by atoms with E-state index in [4.69, 9.17) is 4.74 Å². The minimum atomic E-state index is 0.894. The average Bonchev–Trinajstić information content (AvgIpc) is 3.20. The van der Waals surface area contributed by atoms with E-state index in [1.165, 1.54) is 25.6 Å². The lowest BCUT2D eigenvalue weighted by Crippen LogP contribution is -2.20. The highest BCUT2D eigenvalue weighted by atomic mass is 32.2. The summed E-state index contributed by atoms with van der Waals surface area (Å²) in [4.78, 5) is 6.96. The summed E-state index contributed by atoms with van der Waals surface area (Å²) in [6.45, 7) is 1.87. The number of hydrogen-bond donors (Lipinski definition) is 0. The van der Waals surface area contributed by atoms with Crippen LogP contribution in [0.5, 0.6) is 5.75 Å². The molecule has 6 heteroatoms. The van der Waals surface area contributed by atoms with Crippen molar-refractivity contribution in [1.82, 2.24) is 4.90 Å². The molecule has 4 rings (SSSR count). The van der Waals surface area contributed by atoms with Gasteiger partial charge in [0.25, 0.3) is 0 Å². The van der Waals surface area contributed by atoms with Crippen LogP contribution in [0, 0.1) is 0 Å². The van der Waals surface area contributed by atoms with E-state index in [1.54, 1.807) is 42.0 Å². The van der Waals surface area contributed by atoms with Gasteiger partial charge in [-0.15, -0.1) is 23.1 Å². The quantitative estimate of drug-likeness (QED) is 0.835. The monoisotopic (exact) mass is 334 g/mol. The maximum atomic E-state index is 5.49. The third-order valence-corrected chi connectivity index (χ3v) is 6.84. The number of amidine groups is 1. The number of rotatable bonds is 3. The van der Waals surface area contributed by atoms with E-state index in [0.717, 1.165) is 24.0 Å². The van der Waals surface area contributed by atoms with Crippen molar-refractivity contribution >= 4 is 55.8 Å². The summed E-state index contributed by atoms with van der Waals surface area (Å²) >= 11 is 5.38. The first-order valence-electron chi connectivity index (χ1n) is 6.65. The third-order valence-electron chi connectivity index (χ3n) is 3.65. The fraction of sp³-hybridized carbons (Fsp3) is 0.267. The molecule has 0 fully saturated rings. The van der Waals surface area contributed by atoms with Crippen molar-refractivity contribution in [3.63, 3.8) is 0 Å². The SMILES string of the molecule is COc1cc(C2=C(SC)SC3=NCCN32)c2sccc2c1. The summed E-state index contributed by atoms with van der Waals surface area (Å²) < 4.78 is 8.15. The van der Waals surface area contributed by atoms with Gasteiger partial charge in [-0.25, -0.2) is 0 Å². The molecule has 0 spiro atoms. The fourth-order valence-electron chi connectivity index (χ4n) is 2.70. The van der Waals surface area contributed by atoms with Crippen molar-refractivity contribution in [3.8, 4) is 5.75 Å². The Labute approximate surface area is 136 Å². The van der Waals surface area contributed by atoms with Crippen LogP contribution in [-0.2, 0) is 0 Å². The molecule has 0 saturated heterocycles. The van der Waals surface area contributed by atoms with Gasteiger partial charge in [0.05, 0.1) is 23.6 Å². The molecule has 108 valence electrons. The van der Waals surface area contributed by atoms with E-state index < -0.39 is 0 Å². The number of hydrogen-bond acceptors (Lipinski definition) is 6. The Morgan fingerprint density at radius 1 is 1.38 bits per heavy atom. The van der Waals surface area contributed by atoms with Crippen molar-refractivity contribution in [3.05, 3.63) is 33.4 Å². The van der Waals surface area contributed by atoms with E-state index >= 15 is 0 Å². The second kappa shape index (κ2) is 5.26. The van der Waals surface area contributed by atoms with Gasteiger partial charge >= 0.3 is 0 Å². The molecule has 1 aromatic heterocycles. The summed E-state index contributed by atoms with van der Waals surface area (Å²) in [6, 6.07) is 6.42. The van der Waals surface area contributed by atoms with Crippen LogP contribution in [0.1, 0.15) is 5.56 Å². The highest BCUT2D eigenvalue weighted by Crippen LogP contribution is 2.48. The summed E-state index contributed by atoms with van der Waals surface area (Å²) in [5.74, 6) is 0.915. The van der Waals surface area contributed by atoms with Gasteiger partial charge in [0.15, 0.2) is 5.17 Å². The molecule has 0 bridgehead atoms. The predicted octanol–water partition coefficient (Wildman–Crippen LogP) is 4.32. The van der Waals surface area contributed by atoms with Gasteiger partial charge in [0.1, 0.15) is 5.75 Å². The van der Waals surface area contributed by atoms with Crippen LogP contribution in [0.4, 0.5) is 0 Å². The van der Waals surface area contributed by atoms with Crippen LogP contribution in [-0.4, -0.2) is 36.5 Å². The standard InChI is InChI=1S/C15H14N2OS3/c1-18-10-7-9-3-6-20-13(9)11(8-10)12-14(19-2)21-15-16-4-5-17(12)15/h3,6-8H,4-5H2,1-2H3. The zero-order valence-corrected chi connectivity index (χ0v) is 14.2. The van der Waals surface area contributed by atoms with Gasteiger partial charge < -0.3 is 9.64 Å². The highest BCUT2D eigenvalue weighted by molar-refractivity contribution is 8.30. The Hall–Kier alpha value is -1.11. The van der Waals surface area contributed by atoms with Crippen LogP contribution >= 0.6 is 34.9 Å². The van der Waals surface area contributed by atoms with E-state index in [-0.39, 0.29) is 0 Å². The zero-order valence-electron chi connectivity index (χ0n) is 11.8. The molecule has 0 N–H and O–H groups in total. The second-order valence-corrected chi connectivity index (χ2v) is 7.74. The average molecular weight is 334 g/mol. The summed E-state index contributed by atoms with van der Waals surface area (Å²) in [5.41, 5.74) is 2.57. The van der Waals surface area contributed by atoms with Gasteiger partial charge in [-0.05, 0) is 47.0 Å². The smallest absolute Gasteiger partial charge is 0.169 e. The zero-order chi connectivity index (χ0) is 14.4. The first-order valence-corrected chi connectivity index (χ1v) is 9.57. The topological polar surface area (TPSA) is 24.8 Å². The van der Waals surface area contributed by atoms with Gasteiger partial charge in [-0.2, -0.15) is 0 Å². The Balaban J connectivity index is 1.96. The van der Waals surface area contributed by atoms with Crippen molar-refractivity contribution in [2.45, 2.75) is 0 Å². The van der Waals surface area contributed by atoms with Crippen molar-refractivity contribution < 1.29 is 4.74 Å². The number of ether oxygens (including phenoxy) is 1. The van der Waals surface area contributed by atoms with Crippen LogP contribution < -0.4 is 4.74 Å². The lowest BCUT2D eigenvalue weighted by Gasteiger charge is -2.18. The molecule has 0 saturated carbocycles. The number of benzene rings is 1. The molecular weight excluding hydrogens is 320 g/mol. The largest absolute Gasteiger partial charge is 0.497 e. The van der Waals surface area contributed by atoms with Crippen molar-refractivity contribution in [2.75, 3.05) is 26.5 Å². The summed E-state index contributed by atoms with van der Waals surface area (Å²) in [7, 11) is 1.73. The first-order chi connectivity index (χ1) is 10.3. The molecule has 3 nitrogen and oxygen atoms in total. The number of nitrogens with zero attached hydrogens (tertiary/aromatic N) is 2. The van der Waals surface area contributed by atoms with Gasteiger partial charge in [-0.3, -0.25) is 4.99 Å². The molecule has 21 heavy (non-hydrogen) atoms. The van der Waals surface area contributed by atoms with Crippen LogP contribution in [0.25, 0.3) is 15.8 Å². The van der Waals surface area contributed by atoms with E-state index in [2.05, 4.69) is 39.7 Å². The first kappa shape index (κ1) is 13.5. The molecule has 3 heterocycles. The van der Waals surface area contributed by atoms with Gasteiger partial charge in [-0.1, -0.05) is 0 Å². The predicted molar refractivity (Wildman–Crippen MR) is 95.4 cm³/mol. The Morgan fingerprint density at radius 2 is 2.29 bits per heavy atom. The van der Waals surface area contributed by atoms with E-state index in [9.17, 15) is 0 Å². The van der Waals surface area contributed by atoms with Crippen molar-refractivity contribution in [1.29, 1.82) is 0 Å². The Bertz CT molecular complexity index is 778. The summed E-state index contributed by atoms with van der Waals surface area (Å²) in [5, 5.41) is 4.53. The van der Waals surface area contributed by atoms with E-state index in [1.807, 2.05) is 0 Å². The number of thiophene rings is 1. The molecule has 2 aliphatic heterocycles. The summed E-state index contributed by atoms with van der Waals surface area (Å²) in [6.07, 6.45) is 2.14. The number of fused-ring (bicyclic) bond motifs is 2. The molecule has 1 aromatic carbocycles. The third kappa shape index (κ3) is 2.08. The normalized spacial score (nSPS) is 17.6. The molecule has 0 radical (unpaired) electrons. The number of thioether (sulfide) groups is 2. The Morgan fingerprint density at radius 3 is 3.10 bits per heavy atom. The molecule has 2 aliphatic rings. The lowest BCUT2D eigenvalue weighted by atomic mass is 10.1. The van der Waals surface area contributed by atoms with Gasteiger partial charge in [0, 0.05) is 16.8 Å². The van der Waals surface area contributed by atoms with Gasteiger partial charge in [0.2, 0.25) is 0 Å².